The fourth-order valence-corrected chi connectivity index (χ4v) is 3.08. The van der Waals surface area contributed by atoms with Crippen molar-refractivity contribution in [3.63, 3.8) is 0 Å². The lowest BCUT2D eigenvalue weighted by Crippen LogP contribution is -2.23. The van der Waals surface area contributed by atoms with Gasteiger partial charge in [-0.25, -0.2) is 9.97 Å². The summed E-state index contributed by atoms with van der Waals surface area (Å²) in [7, 11) is 0. The monoisotopic (exact) mass is 343 g/mol. The van der Waals surface area contributed by atoms with Crippen molar-refractivity contribution in [2.24, 2.45) is 0 Å². The minimum Gasteiger partial charge on any atom is -0.339 e. The number of benzene rings is 1. The van der Waals surface area contributed by atoms with E-state index in [2.05, 4.69) is 25.3 Å². The molecule has 2 heterocycles. The highest BCUT2D eigenvalue weighted by molar-refractivity contribution is 8.00. The van der Waals surface area contributed by atoms with Crippen molar-refractivity contribution < 1.29 is 4.79 Å². The van der Waals surface area contributed by atoms with E-state index in [0.29, 0.717) is 16.3 Å². The molecule has 0 saturated heterocycles. The molecule has 3 rings (SSSR count). The zero-order chi connectivity index (χ0) is 17.3. The normalized spacial score (nSPS) is 12.3. The van der Waals surface area contributed by atoms with Gasteiger partial charge < -0.3 is 10.3 Å². The van der Waals surface area contributed by atoms with Crippen molar-refractivity contribution >= 4 is 34.5 Å². The van der Waals surface area contributed by atoms with Crippen LogP contribution in [-0.4, -0.2) is 31.1 Å². The summed E-state index contributed by atoms with van der Waals surface area (Å²) in [6, 6.07) is 5.85. The number of fused-ring (bicyclic) bond motifs is 1. The van der Waals surface area contributed by atoms with Crippen LogP contribution < -0.4 is 10.9 Å². The summed E-state index contributed by atoms with van der Waals surface area (Å²) in [5.74, 6) is -0.156. The second-order valence-corrected chi connectivity index (χ2v) is 6.87. The third kappa shape index (κ3) is 3.33. The number of carbonyl (C=O) groups is 1. The van der Waals surface area contributed by atoms with Crippen LogP contribution in [0.25, 0.3) is 11.2 Å². The Bertz CT molecular complexity index is 963. The first-order valence-electron chi connectivity index (χ1n) is 7.42. The molecule has 0 aliphatic rings. The van der Waals surface area contributed by atoms with Crippen LogP contribution in [0.5, 0.6) is 0 Å². The van der Waals surface area contributed by atoms with Crippen molar-refractivity contribution in [1.29, 1.82) is 0 Å². The SMILES string of the molecule is Cc1ccc(NC(=O)[C@@H](C)Sc2nc3nc[nH]c3c(=O)[nH]2)c(C)c1. The molecule has 0 aliphatic carbocycles. The molecule has 24 heavy (non-hydrogen) atoms. The molecular formula is C16H17N5O2S. The first-order valence-corrected chi connectivity index (χ1v) is 8.30. The number of hydrogen-bond donors (Lipinski definition) is 3. The summed E-state index contributed by atoms with van der Waals surface area (Å²) in [5.41, 5.74) is 3.28. The smallest absolute Gasteiger partial charge is 0.277 e. The van der Waals surface area contributed by atoms with Crippen molar-refractivity contribution in [3.05, 3.63) is 46.0 Å². The van der Waals surface area contributed by atoms with Crippen molar-refractivity contribution in [3.8, 4) is 0 Å². The van der Waals surface area contributed by atoms with Crippen LogP contribution in [0.15, 0.2) is 34.5 Å². The van der Waals surface area contributed by atoms with E-state index in [4.69, 9.17) is 0 Å². The van der Waals surface area contributed by atoms with Gasteiger partial charge in [0, 0.05) is 5.69 Å². The lowest BCUT2D eigenvalue weighted by molar-refractivity contribution is -0.115. The van der Waals surface area contributed by atoms with Gasteiger partial charge in [0.2, 0.25) is 5.91 Å². The van der Waals surface area contributed by atoms with E-state index in [1.165, 1.54) is 18.1 Å². The van der Waals surface area contributed by atoms with Gasteiger partial charge in [0.25, 0.3) is 5.56 Å². The van der Waals surface area contributed by atoms with E-state index in [0.717, 1.165) is 16.8 Å². The van der Waals surface area contributed by atoms with Gasteiger partial charge in [-0.05, 0) is 32.4 Å². The van der Waals surface area contributed by atoms with Gasteiger partial charge in [-0.1, -0.05) is 29.5 Å². The van der Waals surface area contributed by atoms with E-state index in [9.17, 15) is 9.59 Å². The van der Waals surface area contributed by atoms with Crippen molar-refractivity contribution in [2.75, 3.05) is 5.32 Å². The molecule has 3 aromatic rings. The van der Waals surface area contributed by atoms with Crippen LogP contribution in [0.1, 0.15) is 18.1 Å². The zero-order valence-corrected chi connectivity index (χ0v) is 14.3. The number of anilines is 1. The number of nitrogens with zero attached hydrogens (tertiary/aromatic N) is 2. The average molecular weight is 343 g/mol. The number of thioether (sulfide) groups is 1. The predicted octanol–water partition coefficient (Wildman–Crippen LogP) is 2.38. The number of aromatic nitrogens is 4. The standard InChI is InChI=1S/C16H17N5O2S/c1-8-4-5-11(9(2)6-8)19-14(22)10(3)24-16-20-13-12(15(23)21-16)17-7-18-13/h4-7,10H,1-3H3,(H,19,22)(H2,17,18,20,21,23)/t10-/m1/s1. The average Bonchev–Trinajstić information content (AvgIpc) is 2.99. The number of H-pyrrole nitrogens is 2. The molecule has 0 radical (unpaired) electrons. The largest absolute Gasteiger partial charge is 0.339 e. The maximum Gasteiger partial charge on any atom is 0.277 e. The van der Waals surface area contributed by atoms with Gasteiger partial charge in [-0.2, -0.15) is 0 Å². The Balaban J connectivity index is 1.74. The predicted molar refractivity (Wildman–Crippen MR) is 94.4 cm³/mol. The third-order valence-electron chi connectivity index (χ3n) is 3.57. The summed E-state index contributed by atoms with van der Waals surface area (Å²) in [4.78, 5) is 37.9. The molecule has 1 aromatic carbocycles. The Morgan fingerprint density at radius 1 is 1.33 bits per heavy atom. The first kappa shape index (κ1) is 16.3. The number of imidazole rings is 1. The van der Waals surface area contributed by atoms with Crippen molar-refractivity contribution in [1.82, 2.24) is 19.9 Å². The summed E-state index contributed by atoms with van der Waals surface area (Å²) in [6.45, 7) is 5.72. The van der Waals surface area contributed by atoms with Crippen LogP contribution >= 0.6 is 11.8 Å². The summed E-state index contributed by atoms with van der Waals surface area (Å²) in [6.07, 6.45) is 1.41. The molecule has 0 saturated carbocycles. The maximum absolute atomic E-state index is 12.4. The fourth-order valence-electron chi connectivity index (χ4n) is 2.29. The minimum absolute atomic E-state index is 0.156. The van der Waals surface area contributed by atoms with Gasteiger partial charge in [0.1, 0.15) is 0 Å². The first-order chi connectivity index (χ1) is 11.4. The van der Waals surface area contributed by atoms with Gasteiger partial charge in [0.05, 0.1) is 11.6 Å². The van der Waals surface area contributed by atoms with Crippen LogP contribution in [0.2, 0.25) is 0 Å². The van der Waals surface area contributed by atoms with E-state index < -0.39 is 5.25 Å². The number of aryl methyl sites for hydroxylation is 2. The number of hydrogen-bond acceptors (Lipinski definition) is 5. The van der Waals surface area contributed by atoms with Crippen LogP contribution in [0.3, 0.4) is 0 Å². The number of amides is 1. The quantitative estimate of drug-likeness (QED) is 0.498. The summed E-state index contributed by atoms with van der Waals surface area (Å²) >= 11 is 1.18. The lowest BCUT2D eigenvalue weighted by Gasteiger charge is -2.13. The lowest BCUT2D eigenvalue weighted by atomic mass is 10.1. The van der Waals surface area contributed by atoms with Gasteiger partial charge >= 0.3 is 0 Å². The Hall–Kier alpha value is -2.61. The molecular weight excluding hydrogens is 326 g/mol. The molecule has 0 spiro atoms. The highest BCUT2D eigenvalue weighted by Crippen LogP contribution is 2.22. The van der Waals surface area contributed by atoms with E-state index in [1.54, 1.807) is 6.92 Å². The van der Waals surface area contributed by atoms with Crippen LogP contribution in [-0.2, 0) is 4.79 Å². The Kier molecular flexibility index (Phi) is 4.39. The minimum atomic E-state index is -0.426. The molecule has 1 atom stereocenters. The van der Waals surface area contributed by atoms with Crippen molar-refractivity contribution in [2.45, 2.75) is 31.2 Å². The van der Waals surface area contributed by atoms with Crippen LogP contribution in [0, 0.1) is 13.8 Å². The van der Waals surface area contributed by atoms with E-state index in [-0.39, 0.29) is 11.5 Å². The molecule has 8 heteroatoms. The van der Waals surface area contributed by atoms with E-state index >= 15 is 0 Å². The third-order valence-corrected chi connectivity index (χ3v) is 4.56. The van der Waals surface area contributed by atoms with Gasteiger partial charge in [-0.15, -0.1) is 0 Å². The second-order valence-electron chi connectivity index (χ2n) is 5.54. The molecule has 0 unspecified atom stereocenters. The molecule has 0 fully saturated rings. The summed E-state index contributed by atoms with van der Waals surface area (Å²) in [5, 5.41) is 2.84. The molecule has 3 N–H and O–H groups in total. The number of rotatable bonds is 4. The fraction of sp³-hybridized carbons (Fsp3) is 0.250. The number of carbonyl (C=O) groups excluding carboxylic acids is 1. The molecule has 2 aromatic heterocycles. The summed E-state index contributed by atoms with van der Waals surface area (Å²) < 4.78 is 0. The topological polar surface area (TPSA) is 104 Å². The maximum atomic E-state index is 12.4. The molecule has 124 valence electrons. The highest BCUT2D eigenvalue weighted by Gasteiger charge is 2.17. The van der Waals surface area contributed by atoms with Crippen LogP contribution in [0.4, 0.5) is 5.69 Å². The van der Waals surface area contributed by atoms with Gasteiger partial charge in [-0.3, -0.25) is 14.6 Å². The van der Waals surface area contributed by atoms with Gasteiger partial charge in [0.15, 0.2) is 16.3 Å². The highest BCUT2D eigenvalue weighted by atomic mass is 32.2. The second kappa shape index (κ2) is 6.48. The number of aromatic amines is 2. The molecule has 1 amide bonds. The molecule has 0 aliphatic heterocycles. The zero-order valence-electron chi connectivity index (χ0n) is 13.5. The molecule has 7 nitrogen and oxygen atoms in total. The van der Waals surface area contributed by atoms with E-state index in [1.807, 2.05) is 32.0 Å². The number of nitrogens with one attached hydrogen (secondary N) is 3. The Morgan fingerprint density at radius 3 is 2.88 bits per heavy atom. The Morgan fingerprint density at radius 2 is 2.12 bits per heavy atom. The molecule has 0 bridgehead atoms. The Labute approximate surface area is 142 Å².